The molecule has 0 aromatic rings. The smallest absolute Gasteiger partial charge is 0.115 e. The molecule has 7 nitrogen and oxygen atoms in total. The molecule has 7 saturated carbocycles. The second kappa shape index (κ2) is 29.8. The van der Waals surface area contributed by atoms with Crippen LogP contribution in [-0.2, 0) is 78.2 Å². The summed E-state index contributed by atoms with van der Waals surface area (Å²) in [5, 5.41) is 0.296. The fourth-order valence-corrected chi connectivity index (χ4v) is 27.9. The third-order valence-electron chi connectivity index (χ3n) is 19.4. The first-order valence-corrected chi connectivity index (χ1v) is 39.2. The van der Waals surface area contributed by atoms with Crippen molar-refractivity contribution in [2.75, 3.05) is 74.8 Å². The van der Waals surface area contributed by atoms with Crippen molar-refractivity contribution >= 4 is 78.2 Å². The van der Waals surface area contributed by atoms with E-state index < -0.39 is 78.2 Å². The Morgan fingerprint density at radius 2 is 0.275 bits per heavy atom. The average molecular weight is 1090 g/mol. The lowest BCUT2D eigenvalue weighted by Crippen LogP contribution is -2.35. The summed E-state index contributed by atoms with van der Waals surface area (Å²) in [7, 11) is 0. The van der Waals surface area contributed by atoms with Crippen LogP contribution in [0.2, 0.25) is 0 Å². The molecule has 7 atom stereocenters. The average Bonchev–Trinajstić information content (AvgIpc) is 3.32. The van der Waals surface area contributed by atoms with E-state index in [0.29, 0.717) is 82.2 Å². The molecular weight excluding hydrogens is 997 g/mol. The summed E-state index contributed by atoms with van der Waals surface area (Å²) >= 11 is -5.45. The molecule has 14 bridgehead atoms. The minimum Gasteiger partial charge on any atom is -0.616 e. The molecule has 0 spiro atoms. The summed E-state index contributed by atoms with van der Waals surface area (Å²) in [5.74, 6) is 17.8. The molecule has 14 heteroatoms. The number of hydrogen-bond donors (Lipinski definition) is 0. The molecule has 7 aliphatic carbocycles. The number of fused-ring (bicyclic) bond motifs is 7. The van der Waals surface area contributed by atoms with Crippen LogP contribution in [0, 0.1) is 76.9 Å². The highest BCUT2D eigenvalue weighted by atomic mass is 32.2. The van der Waals surface area contributed by atoms with E-state index in [9.17, 15) is 31.9 Å². The van der Waals surface area contributed by atoms with E-state index in [1.807, 2.05) is 0 Å². The quantitative estimate of drug-likeness (QED) is 0.218. The molecule has 15 fully saturated rings. The van der Waals surface area contributed by atoms with Gasteiger partial charge in [0.2, 0.25) is 0 Å². The van der Waals surface area contributed by atoms with Crippen molar-refractivity contribution in [3.05, 3.63) is 0 Å². The van der Waals surface area contributed by atoms with Crippen LogP contribution in [0.25, 0.3) is 0 Å². The Morgan fingerprint density at radius 1 is 0.159 bits per heavy atom. The second-order valence-electron chi connectivity index (χ2n) is 25.1. The van der Waals surface area contributed by atoms with Gasteiger partial charge >= 0.3 is 0 Å². The minimum absolute atomic E-state index is 0.296. The highest BCUT2D eigenvalue weighted by Crippen LogP contribution is 2.40. The molecule has 15 aliphatic rings. The van der Waals surface area contributed by atoms with Gasteiger partial charge in [0.15, 0.2) is 0 Å². The summed E-state index contributed by atoms with van der Waals surface area (Å²) in [6.45, 7) is 0. The summed E-state index contributed by atoms with van der Waals surface area (Å²) in [6, 6.07) is 0. The Bertz CT molecular complexity index is 1400. The van der Waals surface area contributed by atoms with Crippen LogP contribution in [0.3, 0.4) is 0 Å². The van der Waals surface area contributed by atoms with Crippen LogP contribution in [0.1, 0.15) is 180 Å². The Kier molecular flexibility index (Phi) is 24.8. The molecule has 6 unspecified atom stereocenters. The highest BCUT2D eigenvalue weighted by molar-refractivity contribution is 7.93. The van der Waals surface area contributed by atoms with Gasteiger partial charge in [0.05, 0.1) is 0 Å². The van der Waals surface area contributed by atoms with Gasteiger partial charge in [0.1, 0.15) is 80.0 Å². The normalized spacial score (nSPS) is 47.4. The van der Waals surface area contributed by atoms with Crippen LogP contribution in [0.4, 0.5) is 0 Å². The monoisotopic (exact) mass is 1090 g/mol. The van der Waals surface area contributed by atoms with Crippen molar-refractivity contribution in [3.63, 3.8) is 0 Å². The molecule has 8 saturated heterocycles. The maximum atomic E-state index is 13.6. The van der Waals surface area contributed by atoms with E-state index in [2.05, 4.69) is 0 Å². The van der Waals surface area contributed by atoms with Crippen LogP contribution in [0.5, 0.6) is 0 Å². The maximum absolute atomic E-state index is 13.6. The van der Waals surface area contributed by atoms with Crippen LogP contribution >= 0.6 is 0 Å². The predicted octanol–water partition coefficient (Wildman–Crippen LogP) is 10.6. The fourth-order valence-electron chi connectivity index (χ4n) is 14.9. The van der Waals surface area contributed by atoms with Crippen LogP contribution in [-0.4, -0.2) is 112 Å². The summed E-state index contributed by atoms with van der Waals surface area (Å²) in [4.78, 5) is 0. The first-order chi connectivity index (χ1) is 33.4. The van der Waals surface area contributed by atoms with Crippen molar-refractivity contribution in [2.24, 2.45) is 76.9 Å². The Balaban J connectivity index is 0.765. The van der Waals surface area contributed by atoms with Crippen molar-refractivity contribution < 1.29 is 31.9 Å². The molecule has 400 valence electrons. The standard InChI is InChI=1S/C55H96O7S7/c56-63-29-42-1-3-43(4-2-42)30-64(57)32-45-9-11-47(12-10-45)34-66(59)36-49-17-19-51(20-18-49)38-68(61)40-53-25-27-55(28-26-53)69(62)41-54-23-21-52(22-24-54)39-67(60)37-50-15-13-48(14-16-50)35-65(58)33-46-7-5-44(31-63)6-8-46/h42-55H,1-41H2/t42-,43+,44-,45-,46+,47+,48-,49-,50+,51+,52-,53-,54+,55+,63?,64?,65-,66?,67?,68?,69?/m0/s1. The van der Waals surface area contributed by atoms with Crippen molar-refractivity contribution in [1.29, 1.82) is 0 Å². The SMILES string of the molecule is [O-][S+]1C[C@H]2CC[C@H](CC2)C[S+]([O-])C[C@H]2CC[C@H](CC2)C[S+]([O-])C[C@H]2CC[C@H](CC2)[S+]([O-])C[C@@H]2CC[C@@H](CC2)C[S+]([O-])C[C@H]2CC[C@H](CC2)C[S@@+]([O-])C[C@@H]2CC[C@@H](CC2)C[S+]([O-])C[C@@H]2CC[C@@H](CC2)C1. The lowest BCUT2D eigenvalue weighted by Gasteiger charge is -2.34. The van der Waals surface area contributed by atoms with Gasteiger partial charge in [0, 0.05) is 76.9 Å². The highest BCUT2D eigenvalue weighted by Gasteiger charge is 2.38. The Labute approximate surface area is 443 Å². The van der Waals surface area contributed by atoms with Crippen molar-refractivity contribution in [2.45, 2.75) is 185 Å². The summed E-state index contributed by atoms with van der Waals surface area (Å²) < 4.78 is 93.9. The molecule has 0 N–H and O–H groups in total. The summed E-state index contributed by atoms with van der Waals surface area (Å²) in [6.07, 6.45) is 31.2. The first-order valence-electron chi connectivity index (χ1n) is 28.9. The van der Waals surface area contributed by atoms with E-state index in [4.69, 9.17) is 0 Å². The summed E-state index contributed by atoms with van der Waals surface area (Å²) in [5.41, 5.74) is 0. The largest absolute Gasteiger partial charge is 0.616 e. The predicted molar refractivity (Wildman–Crippen MR) is 299 cm³/mol. The minimum atomic E-state index is -0.793. The molecule has 8 heterocycles. The Morgan fingerprint density at radius 3 is 0.420 bits per heavy atom. The van der Waals surface area contributed by atoms with E-state index in [1.165, 1.54) is 0 Å². The van der Waals surface area contributed by atoms with Gasteiger partial charge in [-0.25, -0.2) is 0 Å². The third kappa shape index (κ3) is 19.9. The van der Waals surface area contributed by atoms with Gasteiger partial charge in [0.25, 0.3) is 0 Å². The van der Waals surface area contributed by atoms with E-state index in [1.54, 1.807) is 0 Å². The van der Waals surface area contributed by atoms with E-state index in [0.717, 1.165) is 255 Å². The number of hydrogen-bond acceptors (Lipinski definition) is 7. The van der Waals surface area contributed by atoms with Crippen LogP contribution in [0.15, 0.2) is 0 Å². The molecule has 15 rings (SSSR count). The van der Waals surface area contributed by atoms with Crippen molar-refractivity contribution in [3.8, 4) is 0 Å². The van der Waals surface area contributed by atoms with Gasteiger partial charge in [-0.1, -0.05) is 78.2 Å². The lowest BCUT2D eigenvalue weighted by atomic mass is 9.83. The van der Waals surface area contributed by atoms with E-state index >= 15 is 0 Å². The van der Waals surface area contributed by atoms with Gasteiger partial charge < -0.3 is 31.9 Å². The lowest BCUT2D eigenvalue weighted by molar-refractivity contribution is 0.296. The molecule has 0 aromatic heterocycles. The fraction of sp³-hybridized carbons (Fsp3) is 1.00. The molecule has 69 heavy (non-hydrogen) atoms. The zero-order chi connectivity index (χ0) is 48.1. The molecule has 0 radical (unpaired) electrons. The maximum Gasteiger partial charge on any atom is 0.115 e. The molecule has 0 aromatic carbocycles. The molecule has 0 amide bonds. The first kappa shape index (κ1) is 57.3. The van der Waals surface area contributed by atoms with Gasteiger partial charge in [-0.3, -0.25) is 0 Å². The number of rotatable bonds is 0. The molecular formula is C55H96O7S7. The van der Waals surface area contributed by atoms with Gasteiger partial charge in [-0.15, -0.1) is 0 Å². The van der Waals surface area contributed by atoms with E-state index in [-0.39, 0.29) is 0 Å². The van der Waals surface area contributed by atoms with Crippen molar-refractivity contribution in [1.82, 2.24) is 0 Å². The van der Waals surface area contributed by atoms with Gasteiger partial charge in [-0.05, 0) is 180 Å². The topological polar surface area (TPSA) is 161 Å². The molecule has 8 aliphatic heterocycles. The zero-order valence-corrected chi connectivity index (χ0v) is 48.5. The zero-order valence-electron chi connectivity index (χ0n) is 42.8. The van der Waals surface area contributed by atoms with Gasteiger partial charge in [-0.2, -0.15) is 0 Å². The Hall–Kier alpha value is 2.17. The third-order valence-corrected chi connectivity index (χ3v) is 31.6. The second-order valence-corrected chi connectivity index (χ2v) is 36.2. The van der Waals surface area contributed by atoms with Crippen LogP contribution < -0.4 is 0 Å².